The Bertz CT molecular complexity index is 1390. The molecule has 0 aliphatic heterocycles. The molecule has 32 heavy (non-hydrogen) atoms. The third-order valence-electron chi connectivity index (χ3n) is 4.54. The summed E-state index contributed by atoms with van der Waals surface area (Å²) in [6.07, 6.45) is 0. The second-order valence-corrected chi connectivity index (χ2v) is 9.08. The summed E-state index contributed by atoms with van der Waals surface area (Å²) in [5, 5.41) is 0.373. The van der Waals surface area contributed by atoms with Crippen molar-refractivity contribution in [1.29, 1.82) is 0 Å². The van der Waals surface area contributed by atoms with Crippen LogP contribution in [0.1, 0.15) is 6.92 Å². The zero-order chi connectivity index (χ0) is 22.7. The summed E-state index contributed by atoms with van der Waals surface area (Å²) >= 11 is 7.94. The first-order chi connectivity index (χ1) is 15.5. The Morgan fingerprint density at radius 2 is 1.84 bits per heavy atom. The Labute approximate surface area is 197 Å². The molecule has 2 aromatic carbocycles. The molecule has 164 valence electrons. The average Bonchev–Trinajstić information content (AvgIpc) is 3.14. The lowest BCUT2D eigenvalue weighted by atomic mass is 10.3. The van der Waals surface area contributed by atoms with Crippen LogP contribution in [0.5, 0.6) is 5.75 Å². The van der Waals surface area contributed by atoms with Gasteiger partial charge in [0.25, 0.3) is 5.56 Å². The topological polar surface area (TPSA) is 75.3 Å². The van der Waals surface area contributed by atoms with Gasteiger partial charge in [-0.2, -0.15) is 0 Å². The molecule has 4 rings (SSSR count). The van der Waals surface area contributed by atoms with Crippen molar-refractivity contribution in [3.63, 3.8) is 0 Å². The molecule has 0 saturated carbocycles. The van der Waals surface area contributed by atoms with Gasteiger partial charge in [-0.15, -0.1) is 0 Å². The number of hydrogen-bond donors (Lipinski definition) is 0. The van der Waals surface area contributed by atoms with Crippen molar-refractivity contribution in [2.45, 2.75) is 12.1 Å². The minimum Gasteiger partial charge on any atom is -0.495 e. The van der Waals surface area contributed by atoms with Crippen molar-refractivity contribution in [3.05, 3.63) is 68.9 Å². The molecule has 0 aliphatic carbocycles. The molecule has 7 nitrogen and oxygen atoms in total. The number of thiazole rings is 1. The van der Waals surface area contributed by atoms with Gasteiger partial charge in [-0.25, -0.2) is 4.98 Å². The second-order valence-electron chi connectivity index (χ2n) is 6.49. The molecule has 0 amide bonds. The van der Waals surface area contributed by atoms with Gasteiger partial charge in [0.05, 0.1) is 30.8 Å². The molecular formula is C22H19N3O4S3. The molecule has 0 spiro atoms. The Hall–Kier alpha value is -2.95. The van der Waals surface area contributed by atoms with E-state index in [0.717, 1.165) is 11.8 Å². The smallest absolute Gasteiger partial charge is 0.316 e. The Morgan fingerprint density at radius 3 is 2.56 bits per heavy atom. The second kappa shape index (κ2) is 9.68. The first-order valence-electron chi connectivity index (χ1n) is 9.71. The van der Waals surface area contributed by atoms with Crippen LogP contribution in [0.25, 0.3) is 21.7 Å². The highest BCUT2D eigenvalue weighted by Gasteiger charge is 2.21. The van der Waals surface area contributed by atoms with Gasteiger partial charge in [-0.05, 0) is 43.4 Å². The Morgan fingerprint density at radius 1 is 1.12 bits per heavy atom. The molecule has 2 aromatic heterocycles. The number of esters is 1. The standard InChI is InChI=1S/C22H19N3O4S3/c1-3-29-17(26)13-31-21-23-19-18(20(27)24(21)14-9-5-4-6-10-14)32-22(30)25(19)15-11-7-8-12-16(15)28-2/h4-12H,3,13H2,1-2H3. The predicted octanol–water partition coefficient (Wildman–Crippen LogP) is 4.63. The van der Waals surface area contributed by atoms with E-state index < -0.39 is 0 Å². The van der Waals surface area contributed by atoms with E-state index in [0.29, 0.717) is 36.6 Å². The summed E-state index contributed by atoms with van der Waals surface area (Å²) < 4.78 is 14.7. The van der Waals surface area contributed by atoms with E-state index in [4.69, 9.17) is 26.7 Å². The number of ether oxygens (including phenoxy) is 2. The largest absolute Gasteiger partial charge is 0.495 e. The number of thioether (sulfide) groups is 1. The van der Waals surface area contributed by atoms with Crippen molar-refractivity contribution < 1.29 is 14.3 Å². The van der Waals surface area contributed by atoms with E-state index in [1.165, 1.54) is 15.9 Å². The Kier molecular flexibility index (Phi) is 6.73. The molecule has 2 heterocycles. The number of aromatic nitrogens is 3. The predicted molar refractivity (Wildman–Crippen MR) is 129 cm³/mol. The lowest BCUT2D eigenvalue weighted by molar-refractivity contribution is -0.139. The van der Waals surface area contributed by atoms with Gasteiger partial charge < -0.3 is 9.47 Å². The van der Waals surface area contributed by atoms with Crippen molar-refractivity contribution >= 4 is 51.6 Å². The lowest BCUT2D eigenvalue weighted by Crippen LogP contribution is -2.22. The number of carbonyl (C=O) groups is 1. The summed E-state index contributed by atoms with van der Waals surface area (Å²) in [5.74, 6) is 0.259. The number of methoxy groups -OCH3 is 1. The zero-order valence-electron chi connectivity index (χ0n) is 17.3. The maximum absolute atomic E-state index is 13.6. The van der Waals surface area contributed by atoms with Gasteiger partial charge in [0.15, 0.2) is 14.8 Å². The molecule has 0 fully saturated rings. The van der Waals surface area contributed by atoms with Gasteiger partial charge in [-0.3, -0.25) is 18.7 Å². The van der Waals surface area contributed by atoms with E-state index in [9.17, 15) is 9.59 Å². The van der Waals surface area contributed by atoms with E-state index in [1.54, 1.807) is 18.6 Å². The molecule has 0 atom stereocenters. The van der Waals surface area contributed by atoms with Crippen LogP contribution in [-0.2, 0) is 9.53 Å². The highest BCUT2D eigenvalue weighted by molar-refractivity contribution is 7.99. The van der Waals surface area contributed by atoms with Crippen molar-refractivity contribution in [3.8, 4) is 17.1 Å². The molecular weight excluding hydrogens is 466 g/mol. The molecule has 0 N–H and O–H groups in total. The van der Waals surface area contributed by atoms with Crippen LogP contribution < -0.4 is 10.3 Å². The summed E-state index contributed by atoms with van der Waals surface area (Å²) in [7, 11) is 1.58. The maximum atomic E-state index is 13.6. The number of para-hydroxylation sites is 3. The molecule has 0 saturated heterocycles. The van der Waals surface area contributed by atoms with Crippen LogP contribution in [0, 0.1) is 3.95 Å². The van der Waals surface area contributed by atoms with E-state index in [2.05, 4.69) is 0 Å². The number of hydrogen-bond acceptors (Lipinski definition) is 8. The molecule has 0 bridgehead atoms. The summed E-state index contributed by atoms with van der Waals surface area (Å²) in [6.45, 7) is 2.04. The highest BCUT2D eigenvalue weighted by Crippen LogP contribution is 2.31. The first-order valence-corrected chi connectivity index (χ1v) is 11.9. The number of fused-ring (bicyclic) bond motifs is 1. The van der Waals surface area contributed by atoms with E-state index >= 15 is 0 Å². The Balaban J connectivity index is 1.97. The quantitative estimate of drug-likeness (QED) is 0.163. The molecule has 10 heteroatoms. The van der Waals surface area contributed by atoms with E-state index in [1.807, 2.05) is 54.6 Å². The minimum atomic E-state index is -0.377. The van der Waals surface area contributed by atoms with Crippen molar-refractivity contribution in [1.82, 2.24) is 14.1 Å². The lowest BCUT2D eigenvalue weighted by Gasteiger charge is -2.13. The van der Waals surface area contributed by atoms with Gasteiger partial charge >= 0.3 is 5.97 Å². The monoisotopic (exact) mass is 485 g/mol. The minimum absolute atomic E-state index is 0.0259. The number of carbonyl (C=O) groups excluding carboxylic acids is 1. The molecule has 0 unspecified atom stereocenters. The maximum Gasteiger partial charge on any atom is 0.316 e. The first kappa shape index (κ1) is 22.3. The zero-order valence-corrected chi connectivity index (χ0v) is 19.8. The number of rotatable bonds is 7. The van der Waals surface area contributed by atoms with Crippen molar-refractivity contribution in [2.24, 2.45) is 0 Å². The fourth-order valence-electron chi connectivity index (χ4n) is 3.19. The normalized spacial score (nSPS) is 10.9. The van der Waals surface area contributed by atoms with Gasteiger partial charge in [0.1, 0.15) is 10.4 Å². The van der Waals surface area contributed by atoms with Gasteiger partial charge in [-0.1, -0.05) is 53.4 Å². The van der Waals surface area contributed by atoms with Crippen LogP contribution in [-0.4, -0.2) is 39.6 Å². The van der Waals surface area contributed by atoms with E-state index in [-0.39, 0.29) is 23.9 Å². The van der Waals surface area contributed by atoms with Crippen LogP contribution in [0.3, 0.4) is 0 Å². The average molecular weight is 486 g/mol. The third-order valence-corrected chi connectivity index (χ3v) is 6.81. The van der Waals surface area contributed by atoms with Gasteiger partial charge in [0.2, 0.25) is 0 Å². The fourth-order valence-corrected chi connectivity index (χ4v) is 5.28. The third kappa shape index (κ3) is 4.21. The van der Waals surface area contributed by atoms with Crippen LogP contribution >= 0.6 is 35.3 Å². The van der Waals surface area contributed by atoms with Crippen LogP contribution in [0.2, 0.25) is 0 Å². The summed E-state index contributed by atoms with van der Waals surface area (Å²) in [6, 6.07) is 16.6. The molecule has 0 aliphatic rings. The summed E-state index contributed by atoms with van der Waals surface area (Å²) in [5.41, 5.74) is 1.52. The van der Waals surface area contributed by atoms with Crippen LogP contribution in [0.4, 0.5) is 0 Å². The van der Waals surface area contributed by atoms with Crippen molar-refractivity contribution in [2.75, 3.05) is 19.5 Å². The molecule has 0 radical (unpaired) electrons. The summed E-state index contributed by atoms with van der Waals surface area (Å²) in [4.78, 5) is 30.4. The molecule has 4 aromatic rings. The SMILES string of the molecule is CCOC(=O)CSc1nc2c(sc(=S)n2-c2ccccc2OC)c(=O)n1-c1ccccc1. The fraction of sp³-hybridized carbons (Fsp3) is 0.182. The van der Waals surface area contributed by atoms with Gasteiger partial charge in [0, 0.05) is 0 Å². The van der Waals surface area contributed by atoms with Crippen LogP contribution in [0.15, 0.2) is 64.5 Å². The number of nitrogens with zero attached hydrogens (tertiary/aromatic N) is 3. The highest BCUT2D eigenvalue weighted by atomic mass is 32.2. The number of benzene rings is 2.